The van der Waals surface area contributed by atoms with Gasteiger partial charge < -0.3 is 20.3 Å². The SMILES string of the molecule is O=C1N[C@H](c2ccc(O)c(C(=O)O)c2)CO1. The van der Waals surface area contributed by atoms with E-state index in [-0.39, 0.29) is 24.0 Å². The van der Waals surface area contributed by atoms with Crippen LogP contribution < -0.4 is 5.32 Å². The molecule has 1 atom stereocenters. The van der Waals surface area contributed by atoms with E-state index in [2.05, 4.69) is 5.32 Å². The van der Waals surface area contributed by atoms with E-state index in [1.807, 2.05) is 0 Å². The molecule has 1 saturated heterocycles. The molecule has 1 aliphatic rings. The second-order valence-electron chi connectivity index (χ2n) is 3.38. The highest BCUT2D eigenvalue weighted by atomic mass is 16.6. The van der Waals surface area contributed by atoms with Crippen LogP contribution in [0.15, 0.2) is 18.2 Å². The van der Waals surface area contributed by atoms with Gasteiger partial charge in [-0.15, -0.1) is 0 Å². The third kappa shape index (κ3) is 1.77. The van der Waals surface area contributed by atoms with E-state index in [9.17, 15) is 14.7 Å². The molecular formula is C10H9NO5. The molecule has 1 amide bonds. The van der Waals surface area contributed by atoms with Gasteiger partial charge in [0, 0.05) is 0 Å². The van der Waals surface area contributed by atoms with Gasteiger partial charge in [0.2, 0.25) is 0 Å². The molecular weight excluding hydrogens is 214 g/mol. The summed E-state index contributed by atoms with van der Waals surface area (Å²) in [6.45, 7) is 0.155. The second-order valence-corrected chi connectivity index (χ2v) is 3.38. The Morgan fingerprint density at radius 2 is 2.25 bits per heavy atom. The first-order chi connectivity index (χ1) is 7.58. The minimum Gasteiger partial charge on any atom is -0.507 e. The first-order valence-corrected chi connectivity index (χ1v) is 4.57. The fourth-order valence-corrected chi connectivity index (χ4v) is 1.51. The number of phenols is 1. The van der Waals surface area contributed by atoms with Gasteiger partial charge in [-0.1, -0.05) is 6.07 Å². The number of ether oxygens (including phenoxy) is 1. The molecule has 0 bridgehead atoms. The summed E-state index contributed by atoms with van der Waals surface area (Å²) in [7, 11) is 0. The molecule has 6 heteroatoms. The van der Waals surface area contributed by atoms with Gasteiger partial charge in [0.25, 0.3) is 0 Å². The largest absolute Gasteiger partial charge is 0.507 e. The molecule has 1 aromatic carbocycles. The number of benzene rings is 1. The van der Waals surface area contributed by atoms with Crippen molar-refractivity contribution in [1.29, 1.82) is 0 Å². The summed E-state index contributed by atoms with van der Waals surface area (Å²) in [6.07, 6.45) is -0.532. The number of alkyl carbamates (subject to hydrolysis) is 1. The summed E-state index contributed by atoms with van der Waals surface area (Å²) in [5.41, 5.74) is 0.389. The van der Waals surface area contributed by atoms with E-state index in [4.69, 9.17) is 9.84 Å². The molecule has 1 aromatic rings. The highest BCUT2D eigenvalue weighted by Crippen LogP contribution is 2.24. The van der Waals surface area contributed by atoms with Crippen LogP contribution in [0.1, 0.15) is 22.0 Å². The van der Waals surface area contributed by atoms with Crippen LogP contribution in [0.5, 0.6) is 5.75 Å². The fraction of sp³-hybridized carbons (Fsp3) is 0.200. The van der Waals surface area contributed by atoms with Crippen molar-refractivity contribution in [3.8, 4) is 5.75 Å². The number of hydrogen-bond donors (Lipinski definition) is 3. The van der Waals surface area contributed by atoms with E-state index in [0.29, 0.717) is 5.56 Å². The minimum absolute atomic E-state index is 0.155. The average Bonchev–Trinajstić information content (AvgIpc) is 2.65. The minimum atomic E-state index is -1.22. The van der Waals surface area contributed by atoms with Crippen LogP contribution in [-0.2, 0) is 4.74 Å². The van der Waals surface area contributed by atoms with Crippen LogP contribution in [0, 0.1) is 0 Å². The molecule has 0 aliphatic carbocycles. The molecule has 16 heavy (non-hydrogen) atoms. The maximum atomic E-state index is 10.8. The third-order valence-corrected chi connectivity index (χ3v) is 2.33. The second kappa shape index (κ2) is 3.73. The van der Waals surface area contributed by atoms with Crippen molar-refractivity contribution in [3.05, 3.63) is 29.3 Å². The van der Waals surface area contributed by atoms with Gasteiger partial charge >= 0.3 is 12.1 Å². The van der Waals surface area contributed by atoms with Crippen molar-refractivity contribution >= 4 is 12.1 Å². The maximum absolute atomic E-state index is 10.8. The molecule has 84 valence electrons. The van der Waals surface area contributed by atoms with Gasteiger partial charge in [-0.05, 0) is 17.7 Å². The Bertz CT molecular complexity index is 457. The number of rotatable bonds is 2. The van der Waals surface area contributed by atoms with Crippen LogP contribution in [0.25, 0.3) is 0 Å². The number of aromatic hydroxyl groups is 1. The van der Waals surface area contributed by atoms with Crippen LogP contribution >= 0.6 is 0 Å². The highest BCUT2D eigenvalue weighted by molar-refractivity contribution is 5.91. The van der Waals surface area contributed by atoms with E-state index < -0.39 is 12.1 Å². The van der Waals surface area contributed by atoms with Crippen molar-refractivity contribution in [3.63, 3.8) is 0 Å². The first-order valence-electron chi connectivity index (χ1n) is 4.57. The summed E-state index contributed by atoms with van der Waals surface area (Å²) >= 11 is 0. The summed E-state index contributed by atoms with van der Waals surface area (Å²) in [6, 6.07) is 3.77. The zero-order valence-electron chi connectivity index (χ0n) is 8.14. The monoisotopic (exact) mass is 223 g/mol. The lowest BCUT2D eigenvalue weighted by molar-refractivity contribution is 0.0693. The molecule has 0 spiro atoms. The summed E-state index contributed by atoms with van der Waals surface area (Å²) < 4.78 is 4.69. The van der Waals surface area contributed by atoms with Gasteiger partial charge in [-0.2, -0.15) is 0 Å². The number of carboxylic acids is 1. The maximum Gasteiger partial charge on any atom is 0.407 e. The average molecular weight is 223 g/mol. The molecule has 1 aliphatic heterocycles. The van der Waals surface area contributed by atoms with Gasteiger partial charge in [0.05, 0.1) is 6.04 Å². The molecule has 0 radical (unpaired) electrons. The predicted octanol–water partition coefficient (Wildman–Crippen LogP) is 0.871. The predicted molar refractivity (Wildman–Crippen MR) is 52.3 cm³/mol. The molecule has 3 N–H and O–H groups in total. The highest BCUT2D eigenvalue weighted by Gasteiger charge is 2.25. The van der Waals surface area contributed by atoms with E-state index in [0.717, 1.165) is 0 Å². The van der Waals surface area contributed by atoms with Crippen LogP contribution in [-0.4, -0.2) is 28.9 Å². The van der Waals surface area contributed by atoms with Crippen LogP contribution in [0.3, 0.4) is 0 Å². The number of cyclic esters (lactones) is 1. The number of carbonyl (C=O) groups excluding carboxylic acids is 1. The molecule has 6 nitrogen and oxygen atoms in total. The van der Waals surface area contributed by atoms with Crippen LogP contribution in [0.4, 0.5) is 4.79 Å². The standard InChI is InChI=1S/C10H9NO5/c12-8-2-1-5(3-6(8)9(13)14)7-4-16-10(15)11-7/h1-3,7,12H,4H2,(H,11,15)(H,13,14)/t7-/m0/s1. The van der Waals surface area contributed by atoms with Gasteiger partial charge in [0.15, 0.2) is 0 Å². The normalized spacial score (nSPS) is 19.0. The van der Waals surface area contributed by atoms with Crippen molar-refractivity contribution in [1.82, 2.24) is 5.32 Å². The van der Waals surface area contributed by atoms with Crippen LogP contribution in [0.2, 0.25) is 0 Å². The third-order valence-electron chi connectivity index (χ3n) is 2.33. The quantitative estimate of drug-likeness (QED) is 0.691. The summed E-state index contributed by atoms with van der Waals surface area (Å²) in [5, 5.41) is 20.6. The lowest BCUT2D eigenvalue weighted by Crippen LogP contribution is -2.18. The molecule has 2 rings (SSSR count). The fourth-order valence-electron chi connectivity index (χ4n) is 1.51. The lowest BCUT2D eigenvalue weighted by atomic mass is 10.0. The smallest absolute Gasteiger partial charge is 0.407 e. The van der Waals surface area contributed by atoms with Gasteiger partial charge in [-0.3, -0.25) is 0 Å². The Morgan fingerprint density at radius 3 is 2.81 bits per heavy atom. The van der Waals surface area contributed by atoms with E-state index >= 15 is 0 Å². The summed E-state index contributed by atoms with van der Waals surface area (Å²) in [5.74, 6) is -1.52. The molecule has 1 heterocycles. The number of amides is 1. The molecule has 0 saturated carbocycles. The Balaban J connectivity index is 2.32. The van der Waals surface area contributed by atoms with Crippen molar-refractivity contribution in [2.45, 2.75) is 6.04 Å². The summed E-state index contributed by atoms with van der Waals surface area (Å²) in [4.78, 5) is 21.6. The Kier molecular flexibility index (Phi) is 2.40. The number of carbonyl (C=O) groups is 2. The topological polar surface area (TPSA) is 95.9 Å². The zero-order chi connectivity index (χ0) is 11.7. The zero-order valence-corrected chi connectivity index (χ0v) is 8.14. The molecule has 0 unspecified atom stereocenters. The molecule has 1 fully saturated rings. The Labute approximate surface area is 90.5 Å². The van der Waals surface area contributed by atoms with Gasteiger partial charge in [-0.25, -0.2) is 9.59 Å². The number of hydrogen-bond acceptors (Lipinski definition) is 4. The number of carboxylic acid groups (broad SMARTS) is 1. The van der Waals surface area contributed by atoms with Crippen molar-refractivity contribution in [2.75, 3.05) is 6.61 Å². The lowest BCUT2D eigenvalue weighted by Gasteiger charge is -2.09. The van der Waals surface area contributed by atoms with E-state index in [1.54, 1.807) is 6.07 Å². The first kappa shape index (κ1) is 10.3. The van der Waals surface area contributed by atoms with Crippen molar-refractivity contribution in [2.24, 2.45) is 0 Å². The van der Waals surface area contributed by atoms with Crippen molar-refractivity contribution < 1.29 is 24.5 Å². The Morgan fingerprint density at radius 1 is 1.50 bits per heavy atom. The van der Waals surface area contributed by atoms with E-state index in [1.165, 1.54) is 12.1 Å². The number of aromatic carboxylic acids is 1. The van der Waals surface area contributed by atoms with Gasteiger partial charge in [0.1, 0.15) is 17.9 Å². The molecule has 0 aromatic heterocycles. The Hall–Kier alpha value is -2.24. The number of nitrogens with one attached hydrogen (secondary N) is 1.